The van der Waals surface area contributed by atoms with Gasteiger partial charge in [-0.3, -0.25) is 0 Å². The number of hydrogen-bond acceptors (Lipinski definition) is 3. The molecule has 0 amide bonds. The lowest BCUT2D eigenvalue weighted by Crippen LogP contribution is -2.29. The van der Waals surface area contributed by atoms with E-state index in [0.29, 0.717) is 12.1 Å². The summed E-state index contributed by atoms with van der Waals surface area (Å²) in [5.74, 6) is 0.836. The van der Waals surface area contributed by atoms with Crippen LogP contribution in [0.5, 0.6) is 0 Å². The third-order valence-corrected chi connectivity index (χ3v) is 3.51. The summed E-state index contributed by atoms with van der Waals surface area (Å²) < 4.78 is 0. The van der Waals surface area contributed by atoms with Gasteiger partial charge in [-0.15, -0.1) is 11.3 Å². The maximum absolute atomic E-state index is 4.49. The SMILES string of the molecule is Cc1cnc(C(NC(C)C)C2CC2)s1. The molecule has 2 rings (SSSR count). The Labute approximate surface area is 89.8 Å². The molecule has 1 heterocycles. The minimum Gasteiger partial charge on any atom is -0.305 e. The summed E-state index contributed by atoms with van der Waals surface area (Å²) in [6, 6.07) is 1.05. The third kappa shape index (κ3) is 2.34. The quantitative estimate of drug-likeness (QED) is 0.826. The van der Waals surface area contributed by atoms with Gasteiger partial charge in [0.1, 0.15) is 5.01 Å². The van der Waals surface area contributed by atoms with Crippen LogP contribution in [0.15, 0.2) is 6.20 Å². The lowest BCUT2D eigenvalue weighted by atomic mass is 10.2. The van der Waals surface area contributed by atoms with Crippen LogP contribution < -0.4 is 5.32 Å². The molecule has 1 aliphatic carbocycles. The van der Waals surface area contributed by atoms with Crippen LogP contribution in [-0.4, -0.2) is 11.0 Å². The number of nitrogens with zero attached hydrogens (tertiary/aromatic N) is 1. The average molecular weight is 210 g/mol. The molecule has 1 aromatic rings. The fourth-order valence-electron chi connectivity index (χ4n) is 1.71. The summed E-state index contributed by atoms with van der Waals surface area (Å²) in [4.78, 5) is 5.80. The first-order chi connectivity index (χ1) is 6.66. The van der Waals surface area contributed by atoms with Crippen LogP contribution >= 0.6 is 11.3 Å². The van der Waals surface area contributed by atoms with E-state index in [0.717, 1.165) is 5.92 Å². The summed E-state index contributed by atoms with van der Waals surface area (Å²) in [6.45, 7) is 6.53. The summed E-state index contributed by atoms with van der Waals surface area (Å²) in [5.41, 5.74) is 0. The van der Waals surface area contributed by atoms with Gasteiger partial charge in [-0.05, 0) is 25.7 Å². The molecule has 1 aliphatic rings. The van der Waals surface area contributed by atoms with Crippen LogP contribution in [0.1, 0.15) is 42.6 Å². The molecule has 1 saturated carbocycles. The second kappa shape index (κ2) is 3.99. The Kier molecular flexibility index (Phi) is 2.88. The van der Waals surface area contributed by atoms with Crippen LogP contribution in [0.4, 0.5) is 0 Å². The fourth-order valence-corrected chi connectivity index (χ4v) is 2.64. The zero-order valence-electron chi connectivity index (χ0n) is 9.08. The van der Waals surface area contributed by atoms with Crippen LogP contribution in [0.25, 0.3) is 0 Å². The van der Waals surface area contributed by atoms with Crippen molar-refractivity contribution >= 4 is 11.3 Å². The van der Waals surface area contributed by atoms with Gasteiger partial charge >= 0.3 is 0 Å². The minimum absolute atomic E-state index is 0.508. The first-order valence-corrected chi connectivity index (χ1v) is 6.17. The summed E-state index contributed by atoms with van der Waals surface area (Å²) in [5, 5.41) is 4.90. The van der Waals surface area contributed by atoms with Crippen LogP contribution in [0.3, 0.4) is 0 Å². The Balaban J connectivity index is 2.09. The molecule has 14 heavy (non-hydrogen) atoms. The third-order valence-electron chi connectivity index (χ3n) is 2.51. The van der Waals surface area contributed by atoms with Crippen molar-refractivity contribution in [3.05, 3.63) is 16.1 Å². The molecule has 0 aromatic carbocycles. The smallest absolute Gasteiger partial charge is 0.110 e. The Morgan fingerprint density at radius 1 is 1.50 bits per heavy atom. The maximum Gasteiger partial charge on any atom is 0.110 e. The van der Waals surface area contributed by atoms with Crippen LogP contribution in [-0.2, 0) is 0 Å². The van der Waals surface area contributed by atoms with E-state index in [1.54, 1.807) is 0 Å². The van der Waals surface area contributed by atoms with Gasteiger partial charge in [0.2, 0.25) is 0 Å². The molecular weight excluding hydrogens is 192 g/mol. The predicted octanol–water partition coefficient (Wildman–Crippen LogP) is 2.90. The van der Waals surface area contributed by atoms with Gasteiger partial charge in [0.15, 0.2) is 0 Å². The second-order valence-electron chi connectivity index (χ2n) is 4.45. The van der Waals surface area contributed by atoms with Gasteiger partial charge < -0.3 is 5.32 Å². The topological polar surface area (TPSA) is 24.9 Å². The van der Waals surface area contributed by atoms with Gasteiger partial charge in [0.25, 0.3) is 0 Å². The highest BCUT2D eigenvalue weighted by Gasteiger charge is 2.34. The van der Waals surface area contributed by atoms with Crippen molar-refractivity contribution in [2.24, 2.45) is 5.92 Å². The Morgan fingerprint density at radius 2 is 2.21 bits per heavy atom. The number of thiazole rings is 1. The largest absolute Gasteiger partial charge is 0.305 e. The van der Waals surface area contributed by atoms with E-state index < -0.39 is 0 Å². The fraction of sp³-hybridized carbons (Fsp3) is 0.727. The maximum atomic E-state index is 4.49. The number of aromatic nitrogens is 1. The predicted molar refractivity (Wildman–Crippen MR) is 60.6 cm³/mol. The van der Waals surface area contributed by atoms with Crippen molar-refractivity contribution in [1.82, 2.24) is 10.3 Å². The van der Waals surface area contributed by atoms with Crippen LogP contribution in [0.2, 0.25) is 0 Å². The van der Waals surface area contributed by atoms with Gasteiger partial charge in [0.05, 0.1) is 6.04 Å². The number of nitrogens with one attached hydrogen (secondary N) is 1. The molecule has 78 valence electrons. The van der Waals surface area contributed by atoms with Gasteiger partial charge in [-0.1, -0.05) is 13.8 Å². The summed E-state index contributed by atoms with van der Waals surface area (Å²) in [7, 11) is 0. The highest BCUT2D eigenvalue weighted by molar-refractivity contribution is 7.11. The minimum atomic E-state index is 0.508. The van der Waals surface area contributed by atoms with Crippen molar-refractivity contribution in [3.63, 3.8) is 0 Å². The molecule has 0 spiro atoms. The van der Waals surface area contributed by atoms with E-state index in [1.165, 1.54) is 22.7 Å². The average Bonchev–Trinajstić information content (AvgIpc) is 2.85. The monoisotopic (exact) mass is 210 g/mol. The zero-order valence-corrected chi connectivity index (χ0v) is 9.90. The standard InChI is InChI=1S/C11H18N2S/c1-7(2)13-10(9-4-5-9)11-12-6-8(3)14-11/h6-7,9-10,13H,4-5H2,1-3H3. The van der Waals surface area contributed by atoms with Crippen molar-refractivity contribution in [1.29, 1.82) is 0 Å². The van der Waals surface area contributed by atoms with Crippen molar-refractivity contribution in [3.8, 4) is 0 Å². The summed E-state index contributed by atoms with van der Waals surface area (Å²) >= 11 is 1.83. The Bertz CT molecular complexity index is 302. The van der Waals surface area contributed by atoms with Crippen LogP contribution in [0, 0.1) is 12.8 Å². The van der Waals surface area contributed by atoms with Crippen molar-refractivity contribution in [2.75, 3.05) is 0 Å². The van der Waals surface area contributed by atoms with E-state index in [1.807, 2.05) is 17.5 Å². The lowest BCUT2D eigenvalue weighted by molar-refractivity contribution is 0.435. The molecule has 0 radical (unpaired) electrons. The van der Waals surface area contributed by atoms with E-state index in [-0.39, 0.29) is 0 Å². The normalized spacial score (nSPS) is 18.9. The lowest BCUT2D eigenvalue weighted by Gasteiger charge is -2.18. The number of aryl methyl sites for hydroxylation is 1. The molecular formula is C11H18N2S. The molecule has 1 aromatic heterocycles. The molecule has 1 unspecified atom stereocenters. The highest BCUT2D eigenvalue weighted by Crippen LogP contribution is 2.42. The summed E-state index contributed by atoms with van der Waals surface area (Å²) in [6.07, 6.45) is 4.71. The number of rotatable bonds is 4. The molecule has 0 aliphatic heterocycles. The second-order valence-corrected chi connectivity index (χ2v) is 5.71. The van der Waals surface area contributed by atoms with Crippen molar-refractivity contribution in [2.45, 2.75) is 45.7 Å². The molecule has 1 atom stereocenters. The molecule has 1 N–H and O–H groups in total. The first-order valence-electron chi connectivity index (χ1n) is 5.35. The van der Waals surface area contributed by atoms with Gasteiger partial charge in [-0.2, -0.15) is 0 Å². The Hall–Kier alpha value is -0.410. The van der Waals surface area contributed by atoms with E-state index in [9.17, 15) is 0 Å². The van der Waals surface area contributed by atoms with Gasteiger partial charge in [0, 0.05) is 17.1 Å². The van der Waals surface area contributed by atoms with E-state index in [2.05, 4.69) is 31.1 Å². The highest BCUT2D eigenvalue weighted by atomic mass is 32.1. The zero-order chi connectivity index (χ0) is 10.1. The molecule has 1 fully saturated rings. The molecule has 3 heteroatoms. The molecule has 0 bridgehead atoms. The van der Waals surface area contributed by atoms with Crippen molar-refractivity contribution < 1.29 is 0 Å². The molecule has 0 saturated heterocycles. The van der Waals surface area contributed by atoms with Gasteiger partial charge in [-0.25, -0.2) is 4.98 Å². The Morgan fingerprint density at radius 3 is 2.64 bits per heavy atom. The molecule has 2 nitrogen and oxygen atoms in total. The van der Waals surface area contributed by atoms with E-state index in [4.69, 9.17) is 0 Å². The number of hydrogen-bond donors (Lipinski definition) is 1. The van der Waals surface area contributed by atoms with E-state index >= 15 is 0 Å². The first kappa shape index (κ1) is 10.1.